The second-order valence-electron chi connectivity index (χ2n) is 7.18. The number of nitrogens with zero attached hydrogens (tertiary/aromatic N) is 4. The molecule has 0 radical (unpaired) electrons. The lowest BCUT2D eigenvalue weighted by atomic mass is 10.2. The Morgan fingerprint density at radius 2 is 2.00 bits per heavy atom. The molecule has 4 rings (SSSR count). The van der Waals surface area contributed by atoms with Crippen molar-refractivity contribution in [3.63, 3.8) is 0 Å². The number of aromatic nitrogens is 3. The van der Waals surface area contributed by atoms with Gasteiger partial charge < -0.3 is 14.0 Å². The third kappa shape index (κ3) is 5.76. The molecule has 0 saturated heterocycles. The van der Waals surface area contributed by atoms with Crippen molar-refractivity contribution in [2.45, 2.75) is 19.9 Å². The number of hydrogen-bond acceptors (Lipinski definition) is 6. The number of thiazole rings is 1. The molecule has 33 heavy (non-hydrogen) atoms. The van der Waals surface area contributed by atoms with Crippen LogP contribution in [0.3, 0.4) is 0 Å². The number of fused-ring (bicyclic) bond motifs is 1. The highest BCUT2D eigenvalue weighted by atomic mass is 35.5. The van der Waals surface area contributed by atoms with Crippen molar-refractivity contribution in [1.82, 2.24) is 14.5 Å². The second kappa shape index (κ2) is 11.4. The van der Waals surface area contributed by atoms with E-state index in [4.69, 9.17) is 26.1 Å². The number of carbonyl (C=O) groups is 1. The molecular formula is C23H24Cl2N4O3S. The summed E-state index contributed by atoms with van der Waals surface area (Å²) >= 11 is 7.81. The fraction of sp³-hybridized carbons (Fsp3) is 0.261. The van der Waals surface area contributed by atoms with Crippen LogP contribution in [0.25, 0.3) is 10.2 Å². The highest BCUT2D eigenvalue weighted by Gasteiger charge is 2.22. The molecule has 0 atom stereocenters. The van der Waals surface area contributed by atoms with Gasteiger partial charge in [-0.2, -0.15) is 0 Å². The molecule has 0 aliphatic heterocycles. The van der Waals surface area contributed by atoms with Crippen LogP contribution in [-0.4, -0.2) is 40.7 Å². The zero-order chi connectivity index (χ0) is 22.5. The molecule has 2 aromatic heterocycles. The third-order valence-electron chi connectivity index (χ3n) is 5.00. The number of anilines is 1. The van der Waals surface area contributed by atoms with Gasteiger partial charge in [-0.05, 0) is 37.1 Å². The Bertz CT molecular complexity index is 1170. The highest BCUT2D eigenvalue weighted by molar-refractivity contribution is 7.23. The molecule has 0 unspecified atom stereocenters. The number of imidazole rings is 1. The second-order valence-corrected chi connectivity index (χ2v) is 8.56. The first-order chi connectivity index (χ1) is 15.6. The molecule has 174 valence electrons. The van der Waals surface area contributed by atoms with Gasteiger partial charge in [0.25, 0.3) is 5.91 Å². The van der Waals surface area contributed by atoms with E-state index >= 15 is 0 Å². The summed E-state index contributed by atoms with van der Waals surface area (Å²) in [4.78, 5) is 23.7. The molecule has 0 N–H and O–H groups in total. The summed E-state index contributed by atoms with van der Waals surface area (Å²) < 4.78 is 14.0. The fourth-order valence-corrected chi connectivity index (χ4v) is 4.68. The summed E-state index contributed by atoms with van der Waals surface area (Å²) in [7, 11) is 1.57. The normalized spacial score (nSPS) is 10.6. The van der Waals surface area contributed by atoms with Crippen LogP contribution in [-0.2, 0) is 11.3 Å². The van der Waals surface area contributed by atoms with Gasteiger partial charge in [-0.15, -0.1) is 12.4 Å². The summed E-state index contributed by atoms with van der Waals surface area (Å²) in [5.41, 5.74) is 1.83. The molecule has 4 aromatic rings. The lowest BCUT2D eigenvalue weighted by molar-refractivity contribution is -0.120. The Kier molecular flexibility index (Phi) is 8.55. The molecule has 0 fully saturated rings. The number of rotatable bonds is 9. The van der Waals surface area contributed by atoms with Crippen molar-refractivity contribution >= 4 is 56.6 Å². The highest BCUT2D eigenvalue weighted by Crippen LogP contribution is 2.36. The van der Waals surface area contributed by atoms with Gasteiger partial charge in [-0.3, -0.25) is 9.69 Å². The van der Waals surface area contributed by atoms with Crippen LogP contribution < -0.4 is 14.4 Å². The molecule has 10 heteroatoms. The number of benzene rings is 2. The number of para-hydroxylation sites is 2. The van der Waals surface area contributed by atoms with Gasteiger partial charge in [-0.1, -0.05) is 41.1 Å². The van der Waals surface area contributed by atoms with Crippen molar-refractivity contribution in [1.29, 1.82) is 0 Å². The van der Waals surface area contributed by atoms with E-state index in [-0.39, 0.29) is 24.9 Å². The van der Waals surface area contributed by atoms with E-state index in [0.29, 0.717) is 28.2 Å². The van der Waals surface area contributed by atoms with Gasteiger partial charge in [0.15, 0.2) is 23.2 Å². The summed E-state index contributed by atoms with van der Waals surface area (Å²) in [6.45, 7) is 3.08. The maximum Gasteiger partial charge on any atom is 0.266 e. The Hall–Kier alpha value is -2.81. The summed E-state index contributed by atoms with van der Waals surface area (Å²) in [5.74, 6) is 0.911. The van der Waals surface area contributed by atoms with Crippen LogP contribution in [0.4, 0.5) is 5.13 Å². The van der Waals surface area contributed by atoms with Crippen LogP contribution in [0.5, 0.6) is 11.5 Å². The summed E-state index contributed by atoms with van der Waals surface area (Å²) in [5, 5.41) is 1.24. The lowest BCUT2D eigenvalue weighted by Gasteiger charge is -2.20. The van der Waals surface area contributed by atoms with Gasteiger partial charge in [0.1, 0.15) is 0 Å². The van der Waals surface area contributed by atoms with Gasteiger partial charge in [0.2, 0.25) is 0 Å². The molecular weight excluding hydrogens is 483 g/mol. The van der Waals surface area contributed by atoms with Gasteiger partial charge in [-0.25, -0.2) is 9.97 Å². The Morgan fingerprint density at radius 1 is 1.21 bits per heavy atom. The topological polar surface area (TPSA) is 69.5 Å². The maximum absolute atomic E-state index is 13.2. The summed E-state index contributed by atoms with van der Waals surface area (Å²) in [6, 6.07) is 11.0. The largest absolute Gasteiger partial charge is 0.493 e. The first-order valence-corrected chi connectivity index (χ1v) is 11.3. The SMILES string of the molecule is COc1ccccc1OCC(=O)N(CCCn1ccnc1)c1nc2c(C)ccc(Cl)c2s1.Cl. The van der Waals surface area contributed by atoms with Crippen molar-refractivity contribution < 1.29 is 14.3 Å². The van der Waals surface area contributed by atoms with E-state index in [1.165, 1.54) is 11.3 Å². The minimum atomic E-state index is -0.186. The zero-order valence-electron chi connectivity index (χ0n) is 18.2. The quantitative estimate of drug-likeness (QED) is 0.304. The van der Waals surface area contributed by atoms with E-state index in [9.17, 15) is 4.79 Å². The van der Waals surface area contributed by atoms with E-state index < -0.39 is 0 Å². The smallest absolute Gasteiger partial charge is 0.266 e. The van der Waals surface area contributed by atoms with Gasteiger partial charge in [0.05, 0.1) is 28.7 Å². The molecule has 0 bridgehead atoms. The molecule has 2 aromatic carbocycles. The number of amides is 1. The zero-order valence-corrected chi connectivity index (χ0v) is 20.6. The minimum Gasteiger partial charge on any atom is -0.493 e. The Labute approximate surface area is 207 Å². The number of aryl methyl sites for hydroxylation is 2. The first kappa shape index (κ1) is 24.8. The van der Waals surface area contributed by atoms with Gasteiger partial charge >= 0.3 is 0 Å². The van der Waals surface area contributed by atoms with E-state index in [0.717, 1.165) is 28.7 Å². The third-order valence-corrected chi connectivity index (χ3v) is 6.53. The minimum absolute atomic E-state index is 0. The fourth-order valence-electron chi connectivity index (χ4n) is 3.32. The summed E-state index contributed by atoms with van der Waals surface area (Å²) in [6.07, 6.45) is 6.14. The van der Waals surface area contributed by atoms with Crippen LogP contribution in [0.1, 0.15) is 12.0 Å². The molecule has 0 aliphatic carbocycles. The average molecular weight is 507 g/mol. The maximum atomic E-state index is 13.2. The molecule has 0 spiro atoms. The molecule has 7 nitrogen and oxygen atoms in total. The molecule has 1 amide bonds. The monoisotopic (exact) mass is 506 g/mol. The standard InChI is InChI=1S/C23H23ClN4O3S.ClH/c1-16-8-9-17(24)22-21(16)26-23(32-22)28(12-5-11-27-13-10-25-15-27)20(29)14-31-19-7-4-3-6-18(19)30-2;/h3-4,6-10,13,15H,5,11-12,14H2,1-2H3;1H. The molecule has 0 saturated carbocycles. The van der Waals surface area contributed by atoms with Crippen LogP contribution >= 0.6 is 35.3 Å². The lowest BCUT2D eigenvalue weighted by Crippen LogP contribution is -2.36. The van der Waals surface area contributed by atoms with Crippen molar-refractivity contribution in [2.75, 3.05) is 25.2 Å². The van der Waals surface area contributed by atoms with Crippen LogP contribution in [0.2, 0.25) is 5.02 Å². The Morgan fingerprint density at radius 3 is 2.70 bits per heavy atom. The van der Waals surface area contributed by atoms with Crippen molar-refractivity contribution in [3.8, 4) is 11.5 Å². The number of halogens is 2. The number of ether oxygens (including phenoxy) is 2. The average Bonchev–Trinajstić information content (AvgIpc) is 3.48. The first-order valence-electron chi connectivity index (χ1n) is 10.1. The van der Waals surface area contributed by atoms with E-state index in [2.05, 4.69) is 4.98 Å². The van der Waals surface area contributed by atoms with Crippen molar-refractivity contribution in [2.24, 2.45) is 0 Å². The number of methoxy groups -OCH3 is 1. The predicted molar refractivity (Wildman–Crippen MR) is 134 cm³/mol. The number of hydrogen-bond donors (Lipinski definition) is 0. The van der Waals surface area contributed by atoms with Crippen LogP contribution in [0, 0.1) is 6.92 Å². The number of carbonyl (C=O) groups excluding carboxylic acids is 1. The predicted octanol–water partition coefficient (Wildman–Crippen LogP) is 5.39. The van der Waals surface area contributed by atoms with E-state index in [1.54, 1.807) is 36.7 Å². The molecule has 2 heterocycles. The Balaban J connectivity index is 0.00000306. The van der Waals surface area contributed by atoms with Crippen molar-refractivity contribution in [3.05, 3.63) is 65.7 Å². The van der Waals surface area contributed by atoms with Crippen LogP contribution in [0.15, 0.2) is 55.1 Å². The molecule has 0 aliphatic rings. The van der Waals surface area contributed by atoms with E-state index in [1.807, 2.05) is 42.0 Å². The van der Waals surface area contributed by atoms with Gasteiger partial charge in [0, 0.05) is 25.5 Å².